The molecule has 1 aromatic heterocycles. The second kappa shape index (κ2) is 10.7. The van der Waals surface area contributed by atoms with Crippen molar-refractivity contribution in [2.24, 2.45) is 5.92 Å². The summed E-state index contributed by atoms with van der Waals surface area (Å²) in [5, 5.41) is 3.67. The Morgan fingerprint density at radius 2 is 1.78 bits per heavy atom. The van der Waals surface area contributed by atoms with Gasteiger partial charge in [0.05, 0.1) is 13.7 Å². The number of benzene rings is 1. The molecule has 1 aliphatic rings. The van der Waals surface area contributed by atoms with Crippen molar-refractivity contribution in [2.75, 3.05) is 7.11 Å². The molecule has 0 aliphatic heterocycles. The van der Waals surface area contributed by atoms with Crippen molar-refractivity contribution in [2.45, 2.75) is 59.7 Å². The van der Waals surface area contributed by atoms with Crippen LogP contribution in [0.4, 0.5) is 4.79 Å². The molecule has 0 unspecified atom stereocenters. The van der Waals surface area contributed by atoms with Crippen molar-refractivity contribution in [3.05, 3.63) is 55.8 Å². The van der Waals surface area contributed by atoms with Gasteiger partial charge in [-0.3, -0.25) is 9.59 Å². The van der Waals surface area contributed by atoms with E-state index in [9.17, 15) is 19.2 Å². The molecule has 9 heteroatoms. The van der Waals surface area contributed by atoms with E-state index in [1.807, 2.05) is 13.8 Å². The van der Waals surface area contributed by atoms with Crippen LogP contribution in [0.25, 0.3) is 22.8 Å². The molecule has 1 aliphatic carbocycles. The van der Waals surface area contributed by atoms with Gasteiger partial charge < -0.3 is 19.4 Å². The number of hydrogen-bond acceptors (Lipinski definition) is 6. The van der Waals surface area contributed by atoms with Crippen LogP contribution in [-0.4, -0.2) is 35.1 Å². The fraction of sp³-hybridized carbons (Fsp3) is 0.407. The van der Waals surface area contributed by atoms with Crippen molar-refractivity contribution in [1.29, 1.82) is 0 Å². The van der Waals surface area contributed by atoms with E-state index in [-0.39, 0.29) is 40.5 Å². The summed E-state index contributed by atoms with van der Waals surface area (Å²) < 4.78 is 11.9. The molecule has 0 radical (unpaired) electrons. The first-order valence-electron chi connectivity index (χ1n) is 11.7. The van der Waals surface area contributed by atoms with Crippen LogP contribution >= 0.6 is 11.6 Å². The monoisotopic (exact) mass is 514 g/mol. The van der Waals surface area contributed by atoms with Gasteiger partial charge in [-0.1, -0.05) is 43.7 Å². The molecule has 0 bridgehead atoms. The number of carbonyl (C=O) groups excluding carboxylic acids is 3. The number of aromatic nitrogens is 1. The smallest absolute Gasteiger partial charge is 0.407 e. The molecule has 1 N–H and O–H groups in total. The maximum atomic E-state index is 13.7. The zero-order valence-electron chi connectivity index (χ0n) is 21.4. The average Bonchev–Trinajstić information content (AvgIpc) is 2.78. The van der Waals surface area contributed by atoms with Crippen LogP contribution < -0.4 is 21.3 Å². The molecule has 1 heterocycles. The molecule has 1 aromatic carbocycles. The van der Waals surface area contributed by atoms with E-state index in [1.54, 1.807) is 55.7 Å². The number of ketones is 1. The molecule has 36 heavy (non-hydrogen) atoms. The summed E-state index contributed by atoms with van der Waals surface area (Å²) >= 11 is 6.13. The molecule has 0 atom stereocenters. The maximum absolute atomic E-state index is 13.7. The lowest BCUT2D eigenvalue weighted by Gasteiger charge is -2.24. The third-order valence-corrected chi connectivity index (χ3v) is 5.75. The summed E-state index contributed by atoms with van der Waals surface area (Å²) in [5.41, 5.74) is 0.272. The number of Topliss-reactive ketones (excluding diaryl/α,β-unsaturated/α-hetero) is 1. The molecule has 2 aromatic rings. The van der Waals surface area contributed by atoms with Crippen LogP contribution in [0, 0.1) is 5.92 Å². The third kappa shape index (κ3) is 5.87. The van der Waals surface area contributed by atoms with Crippen LogP contribution in [0.3, 0.4) is 0 Å². The minimum Gasteiger partial charge on any atom is -0.465 e. The van der Waals surface area contributed by atoms with Crippen molar-refractivity contribution in [3.8, 4) is 11.1 Å². The standard InChI is InChI=1S/C27H31ClN2O6/c1-15(2)14-30-19(13-29-26(34)36-27(3,4)5)21(16-7-9-17(28)10-8-16)22-18(24(30)32)11-12-20(31)23(22)25(33)35-6/h7-11,15H,12-14H2,1-6H3,(H,29,34). The lowest BCUT2D eigenvalue weighted by molar-refractivity contribution is -0.135. The second-order valence-electron chi connectivity index (χ2n) is 9.98. The summed E-state index contributed by atoms with van der Waals surface area (Å²) in [7, 11) is 1.19. The van der Waals surface area contributed by atoms with E-state index in [2.05, 4.69) is 5.32 Å². The second-order valence-corrected chi connectivity index (χ2v) is 10.4. The molecule has 8 nitrogen and oxygen atoms in total. The molecular formula is C27H31ClN2O6. The number of carbonyl (C=O) groups is 3. The number of nitrogens with zero attached hydrogens (tertiary/aromatic N) is 1. The van der Waals surface area contributed by atoms with Gasteiger partial charge in [-0.15, -0.1) is 0 Å². The van der Waals surface area contributed by atoms with E-state index < -0.39 is 23.4 Å². The highest BCUT2D eigenvalue weighted by Gasteiger charge is 2.28. The first kappa shape index (κ1) is 27.2. The SMILES string of the molecule is COC(=O)C1=c2c(-c3ccc(Cl)cc3)c(CNC(=O)OC(C)(C)C)n(CC(C)C)c(=O)c2=CCC1=O. The van der Waals surface area contributed by atoms with Gasteiger partial charge in [0.15, 0.2) is 5.78 Å². The minimum atomic E-state index is -0.823. The first-order chi connectivity index (χ1) is 16.8. The predicted octanol–water partition coefficient (Wildman–Crippen LogP) is 2.93. The van der Waals surface area contributed by atoms with Crippen molar-refractivity contribution < 1.29 is 23.9 Å². The number of rotatable bonds is 6. The van der Waals surface area contributed by atoms with E-state index >= 15 is 0 Å². The number of halogens is 1. The lowest BCUT2D eigenvalue weighted by Crippen LogP contribution is -2.52. The minimum absolute atomic E-state index is 0.0786. The number of hydrogen-bond donors (Lipinski definition) is 1. The molecular weight excluding hydrogens is 484 g/mol. The summed E-state index contributed by atoms with van der Waals surface area (Å²) in [6, 6.07) is 6.84. The Bertz CT molecular complexity index is 1380. The number of ether oxygens (including phenoxy) is 2. The Hall–Kier alpha value is -3.39. The summed E-state index contributed by atoms with van der Waals surface area (Å²) in [4.78, 5) is 51.9. The number of fused-ring (bicyclic) bond motifs is 1. The largest absolute Gasteiger partial charge is 0.465 e. The van der Waals surface area contributed by atoms with Gasteiger partial charge in [-0.2, -0.15) is 0 Å². The molecule has 0 fully saturated rings. The number of nitrogens with one attached hydrogen (secondary N) is 1. The van der Waals surface area contributed by atoms with Crippen LogP contribution in [0.1, 0.15) is 46.7 Å². The van der Waals surface area contributed by atoms with E-state index in [4.69, 9.17) is 21.1 Å². The highest BCUT2D eigenvalue weighted by molar-refractivity contribution is 6.40. The van der Waals surface area contributed by atoms with Gasteiger partial charge in [0.1, 0.15) is 11.2 Å². The summed E-state index contributed by atoms with van der Waals surface area (Å²) in [6.45, 7) is 9.46. The Kier molecular flexibility index (Phi) is 8.09. The van der Waals surface area contributed by atoms with E-state index in [1.165, 1.54) is 7.11 Å². The summed E-state index contributed by atoms with van der Waals surface area (Å²) in [6.07, 6.45) is 0.795. The maximum Gasteiger partial charge on any atom is 0.407 e. The fourth-order valence-corrected chi connectivity index (χ4v) is 4.26. The zero-order valence-corrected chi connectivity index (χ0v) is 22.1. The van der Waals surface area contributed by atoms with Gasteiger partial charge in [0.2, 0.25) is 0 Å². The average molecular weight is 515 g/mol. The molecule has 192 valence electrons. The van der Waals surface area contributed by atoms with Crippen LogP contribution in [0.2, 0.25) is 5.02 Å². The quantitative estimate of drug-likeness (QED) is 0.594. The Balaban J connectivity index is 2.45. The molecule has 3 rings (SSSR count). The number of esters is 1. The van der Waals surface area contributed by atoms with Gasteiger partial charge in [-0.05, 0) is 44.4 Å². The Labute approximate surface area is 214 Å². The highest BCUT2D eigenvalue weighted by atomic mass is 35.5. The van der Waals surface area contributed by atoms with Crippen LogP contribution in [0.5, 0.6) is 0 Å². The first-order valence-corrected chi connectivity index (χ1v) is 12.1. The number of amides is 1. The van der Waals surface area contributed by atoms with E-state index in [0.29, 0.717) is 28.4 Å². The fourth-order valence-electron chi connectivity index (χ4n) is 4.13. The molecule has 1 amide bonds. The van der Waals surface area contributed by atoms with Crippen molar-refractivity contribution >= 4 is 41.1 Å². The van der Waals surface area contributed by atoms with E-state index in [0.717, 1.165) is 0 Å². The van der Waals surface area contributed by atoms with Crippen LogP contribution in [0.15, 0.2) is 29.1 Å². The highest BCUT2D eigenvalue weighted by Crippen LogP contribution is 2.24. The molecule has 0 saturated carbocycles. The Morgan fingerprint density at radius 1 is 1.14 bits per heavy atom. The molecule has 0 saturated heterocycles. The van der Waals surface area contributed by atoms with Crippen LogP contribution in [-0.2, 0) is 32.2 Å². The third-order valence-electron chi connectivity index (χ3n) is 5.50. The number of pyridine rings is 1. The van der Waals surface area contributed by atoms with Gasteiger partial charge in [-0.25, -0.2) is 9.59 Å². The van der Waals surface area contributed by atoms with Crippen molar-refractivity contribution in [3.63, 3.8) is 0 Å². The normalized spacial score (nSPS) is 13.2. The van der Waals surface area contributed by atoms with Gasteiger partial charge in [0.25, 0.3) is 5.56 Å². The Morgan fingerprint density at radius 3 is 2.33 bits per heavy atom. The predicted molar refractivity (Wildman–Crippen MR) is 138 cm³/mol. The van der Waals surface area contributed by atoms with Crippen molar-refractivity contribution in [1.82, 2.24) is 9.88 Å². The number of methoxy groups -OCH3 is 1. The summed E-state index contributed by atoms with van der Waals surface area (Å²) in [5.74, 6) is -1.18. The van der Waals surface area contributed by atoms with Gasteiger partial charge in [0, 0.05) is 39.7 Å². The van der Waals surface area contributed by atoms with Gasteiger partial charge >= 0.3 is 12.1 Å². The molecule has 0 spiro atoms. The number of alkyl carbamates (subject to hydrolysis) is 1. The zero-order chi connectivity index (χ0) is 26.8. The lowest BCUT2D eigenvalue weighted by atomic mass is 9.91. The topological polar surface area (TPSA) is 104 Å².